The summed E-state index contributed by atoms with van der Waals surface area (Å²) in [7, 11) is 0. The fraction of sp³-hybridized carbons (Fsp3) is 0.643. The van der Waals surface area contributed by atoms with Gasteiger partial charge in [0, 0.05) is 19.0 Å². The second-order valence-corrected chi connectivity index (χ2v) is 5.27. The van der Waals surface area contributed by atoms with Crippen molar-refractivity contribution >= 4 is 11.7 Å². The Labute approximate surface area is 119 Å². The predicted octanol–water partition coefficient (Wildman–Crippen LogP) is 0.996. The third-order valence-corrected chi connectivity index (χ3v) is 3.64. The van der Waals surface area contributed by atoms with Gasteiger partial charge in [-0.25, -0.2) is 4.98 Å². The van der Waals surface area contributed by atoms with E-state index >= 15 is 0 Å². The number of nitrogens with zero attached hydrogens (tertiary/aromatic N) is 3. The number of carbonyl (C=O) groups is 1. The van der Waals surface area contributed by atoms with Crippen LogP contribution < -0.4 is 11.1 Å². The van der Waals surface area contributed by atoms with Gasteiger partial charge in [-0.05, 0) is 32.4 Å². The first-order valence-electron chi connectivity index (χ1n) is 7.25. The summed E-state index contributed by atoms with van der Waals surface area (Å²) in [4.78, 5) is 22.2. The first kappa shape index (κ1) is 14.7. The second-order valence-electron chi connectivity index (χ2n) is 5.27. The van der Waals surface area contributed by atoms with Crippen molar-refractivity contribution in [3.05, 3.63) is 18.1 Å². The van der Waals surface area contributed by atoms with E-state index in [9.17, 15) is 4.79 Å². The van der Waals surface area contributed by atoms with E-state index < -0.39 is 0 Å². The van der Waals surface area contributed by atoms with Crippen LogP contribution in [0.1, 0.15) is 31.9 Å². The lowest BCUT2D eigenvalue weighted by Crippen LogP contribution is -2.38. The maximum atomic E-state index is 11.1. The van der Waals surface area contributed by atoms with Crippen LogP contribution in [-0.2, 0) is 11.3 Å². The zero-order valence-electron chi connectivity index (χ0n) is 12.0. The molecule has 20 heavy (non-hydrogen) atoms. The molecule has 1 aromatic rings. The van der Waals surface area contributed by atoms with Crippen molar-refractivity contribution in [2.75, 3.05) is 25.0 Å². The summed E-state index contributed by atoms with van der Waals surface area (Å²) in [5.74, 6) is 0.691. The number of amides is 1. The molecular weight excluding hydrogens is 254 g/mol. The van der Waals surface area contributed by atoms with Gasteiger partial charge in [0.15, 0.2) is 0 Å². The van der Waals surface area contributed by atoms with Crippen molar-refractivity contribution in [2.24, 2.45) is 11.7 Å². The van der Waals surface area contributed by atoms with Crippen LogP contribution in [0.5, 0.6) is 0 Å². The zero-order chi connectivity index (χ0) is 14.4. The smallest absolute Gasteiger partial charge is 0.220 e. The molecule has 1 aliphatic heterocycles. The van der Waals surface area contributed by atoms with Gasteiger partial charge in [-0.1, -0.05) is 6.92 Å². The third-order valence-electron chi connectivity index (χ3n) is 3.64. The van der Waals surface area contributed by atoms with E-state index in [0.29, 0.717) is 0 Å². The molecular formula is C14H23N5O. The predicted molar refractivity (Wildman–Crippen MR) is 78.0 cm³/mol. The van der Waals surface area contributed by atoms with Gasteiger partial charge in [0.2, 0.25) is 5.91 Å². The largest absolute Gasteiger partial charge is 0.369 e. The van der Waals surface area contributed by atoms with Gasteiger partial charge >= 0.3 is 0 Å². The molecule has 1 amide bonds. The third kappa shape index (κ3) is 4.16. The summed E-state index contributed by atoms with van der Waals surface area (Å²) in [6.45, 7) is 5.60. The second kappa shape index (κ2) is 7.19. The molecule has 0 atom stereocenters. The van der Waals surface area contributed by atoms with Crippen molar-refractivity contribution in [2.45, 2.75) is 32.7 Å². The van der Waals surface area contributed by atoms with E-state index in [1.54, 1.807) is 6.20 Å². The first-order valence-corrected chi connectivity index (χ1v) is 7.25. The van der Waals surface area contributed by atoms with Crippen LogP contribution >= 0.6 is 0 Å². The number of hydrogen-bond donors (Lipinski definition) is 2. The number of primary amides is 1. The summed E-state index contributed by atoms with van der Waals surface area (Å²) >= 11 is 0. The minimum absolute atomic E-state index is 0.0398. The fourth-order valence-electron chi connectivity index (χ4n) is 2.39. The van der Waals surface area contributed by atoms with Gasteiger partial charge in [-0.3, -0.25) is 14.7 Å². The molecule has 0 aromatic carbocycles. The van der Waals surface area contributed by atoms with Crippen molar-refractivity contribution in [3.8, 4) is 0 Å². The Balaban J connectivity index is 1.80. The molecule has 1 saturated heterocycles. The van der Waals surface area contributed by atoms with Crippen molar-refractivity contribution in [1.82, 2.24) is 14.9 Å². The van der Waals surface area contributed by atoms with Crippen LogP contribution in [0, 0.1) is 5.92 Å². The summed E-state index contributed by atoms with van der Waals surface area (Å²) in [5, 5.41) is 3.20. The summed E-state index contributed by atoms with van der Waals surface area (Å²) in [5.41, 5.74) is 6.30. The quantitative estimate of drug-likeness (QED) is 0.810. The Hall–Kier alpha value is -1.69. The lowest BCUT2D eigenvalue weighted by molar-refractivity contribution is -0.123. The van der Waals surface area contributed by atoms with Gasteiger partial charge in [-0.2, -0.15) is 0 Å². The maximum absolute atomic E-state index is 11.1. The number of anilines is 1. The van der Waals surface area contributed by atoms with Crippen molar-refractivity contribution < 1.29 is 4.79 Å². The van der Waals surface area contributed by atoms with Crippen LogP contribution in [-0.4, -0.2) is 40.4 Å². The van der Waals surface area contributed by atoms with E-state index in [1.165, 1.54) is 0 Å². The number of piperidine rings is 1. The lowest BCUT2D eigenvalue weighted by atomic mass is 9.96. The minimum Gasteiger partial charge on any atom is -0.369 e. The molecule has 6 nitrogen and oxygen atoms in total. The number of nitrogens with one attached hydrogen (secondary N) is 1. The molecule has 0 saturated carbocycles. The standard InChI is InChI=1S/C14H23N5O/c1-2-5-16-13-9-17-12(8-18-13)10-19-6-3-11(4-7-19)14(15)20/h8-9,11H,2-7,10H2,1H3,(H2,15,20)(H,16,18). The Kier molecular flexibility index (Phi) is 5.29. The van der Waals surface area contributed by atoms with Gasteiger partial charge in [0.05, 0.1) is 18.1 Å². The van der Waals surface area contributed by atoms with E-state index in [-0.39, 0.29) is 11.8 Å². The molecule has 0 spiro atoms. The number of carbonyl (C=O) groups excluding carboxylic acids is 1. The van der Waals surface area contributed by atoms with Gasteiger partial charge in [-0.15, -0.1) is 0 Å². The van der Waals surface area contributed by atoms with Gasteiger partial charge < -0.3 is 11.1 Å². The van der Waals surface area contributed by atoms with Gasteiger partial charge in [0.1, 0.15) is 5.82 Å². The molecule has 1 fully saturated rings. The molecule has 1 aromatic heterocycles. The Morgan fingerprint density at radius 2 is 2.15 bits per heavy atom. The van der Waals surface area contributed by atoms with Crippen LogP contribution in [0.25, 0.3) is 0 Å². The van der Waals surface area contributed by atoms with E-state index in [0.717, 1.165) is 57.0 Å². The average molecular weight is 277 g/mol. The highest BCUT2D eigenvalue weighted by molar-refractivity contribution is 5.76. The highest BCUT2D eigenvalue weighted by atomic mass is 16.1. The van der Waals surface area contributed by atoms with E-state index in [4.69, 9.17) is 5.73 Å². The number of likely N-dealkylation sites (tertiary alicyclic amines) is 1. The van der Waals surface area contributed by atoms with Crippen LogP contribution in [0.15, 0.2) is 12.4 Å². The molecule has 110 valence electrons. The molecule has 6 heteroatoms. The highest BCUT2D eigenvalue weighted by Gasteiger charge is 2.23. The van der Waals surface area contributed by atoms with E-state index in [1.807, 2.05) is 6.20 Å². The average Bonchev–Trinajstić information content (AvgIpc) is 2.47. The Morgan fingerprint density at radius 1 is 1.40 bits per heavy atom. The lowest BCUT2D eigenvalue weighted by Gasteiger charge is -2.30. The van der Waals surface area contributed by atoms with Gasteiger partial charge in [0.25, 0.3) is 0 Å². The molecule has 0 bridgehead atoms. The SMILES string of the molecule is CCCNc1cnc(CN2CCC(C(N)=O)CC2)cn1. The molecule has 1 aliphatic rings. The molecule has 3 N–H and O–H groups in total. The number of rotatable bonds is 6. The monoisotopic (exact) mass is 277 g/mol. The molecule has 0 unspecified atom stereocenters. The van der Waals surface area contributed by atoms with Crippen LogP contribution in [0.4, 0.5) is 5.82 Å². The summed E-state index contributed by atoms with van der Waals surface area (Å²) < 4.78 is 0. The molecule has 0 aliphatic carbocycles. The number of aromatic nitrogens is 2. The van der Waals surface area contributed by atoms with Crippen molar-refractivity contribution in [1.29, 1.82) is 0 Å². The zero-order valence-corrected chi connectivity index (χ0v) is 12.0. The fourth-order valence-corrected chi connectivity index (χ4v) is 2.39. The Morgan fingerprint density at radius 3 is 2.70 bits per heavy atom. The summed E-state index contributed by atoms with van der Waals surface area (Å²) in [6.07, 6.45) is 6.36. The number of nitrogens with two attached hydrogens (primary N) is 1. The van der Waals surface area contributed by atoms with Crippen LogP contribution in [0.3, 0.4) is 0 Å². The minimum atomic E-state index is -0.171. The van der Waals surface area contributed by atoms with Crippen molar-refractivity contribution in [3.63, 3.8) is 0 Å². The molecule has 0 radical (unpaired) electrons. The maximum Gasteiger partial charge on any atom is 0.220 e. The molecule has 2 heterocycles. The Bertz CT molecular complexity index is 426. The summed E-state index contributed by atoms with van der Waals surface area (Å²) in [6, 6.07) is 0. The first-order chi connectivity index (χ1) is 9.69. The topological polar surface area (TPSA) is 84.1 Å². The normalized spacial score (nSPS) is 17.1. The van der Waals surface area contributed by atoms with E-state index in [2.05, 4.69) is 27.1 Å². The number of hydrogen-bond acceptors (Lipinski definition) is 5. The van der Waals surface area contributed by atoms with Crippen LogP contribution in [0.2, 0.25) is 0 Å². The molecule has 2 rings (SSSR count). The highest BCUT2D eigenvalue weighted by Crippen LogP contribution is 2.18.